The van der Waals surface area contributed by atoms with Crippen LogP contribution in [0.15, 0.2) is 48.7 Å². The zero-order chi connectivity index (χ0) is 14.2. The molecule has 0 radical (unpaired) electrons. The van der Waals surface area contributed by atoms with E-state index in [1.165, 1.54) is 5.56 Å². The van der Waals surface area contributed by atoms with Gasteiger partial charge in [0.05, 0.1) is 0 Å². The number of nitrogens with one attached hydrogen (secondary N) is 2. The summed E-state index contributed by atoms with van der Waals surface area (Å²) in [5, 5.41) is 6.78. The topological polar surface area (TPSA) is 37.0 Å². The van der Waals surface area contributed by atoms with Gasteiger partial charge in [-0.25, -0.2) is 4.98 Å². The quantitative estimate of drug-likeness (QED) is 0.794. The first kappa shape index (κ1) is 14.4. The first-order chi connectivity index (χ1) is 9.79. The molecule has 1 atom stereocenters. The minimum Gasteiger partial charge on any atom is -0.384 e. The molecule has 0 aliphatic heterocycles. The number of nitrogens with zero attached hydrogens (tertiary/aromatic N) is 1. The van der Waals surface area contributed by atoms with Crippen molar-refractivity contribution in [1.82, 2.24) is 4.98 Å². The average molecular weight is 269 g/mol. The fourth-order valence-electron chi connectivity index (χ4n) is 2.06. The van der Waals surface area contributed by atoms with Crippen LogP contribution in [0.4, 0.5) is 11.5 Å². The van der Waals surface area contributed by atoms with E-state index in [4.69, 9.17) is 0 Å². The third-order valence-electron chi connectivity index (χ3n) is 3.30. The van der Waals surface area contributed by atoms with Gasteiger partial charge < -0.3 is 10.6 Å². The van der Waals surface area contributed by atoms with E-state index in [1.807, 2.05) is 12.3 Å². The maximum atomic E-state index is 4.31. The summed E-state index contributed by atoms with van der Waals surface area (Å²) in [6.07, 6.45) is 2.94. The Morgan fingerprint density at radius 2 is 1.90 bits per heavy atom. The van der Waals surface area contributed by atoms with Crippen molar-refractivity contribution in [3.8, 4) is 0 Å². The first-order valence-corrected chi connectivity index (χ1v) is 7.28. The molecule has 1 aromatic carbocycles. The molecule has 1 aromatic heterocycles. The Bertz CT molecular complexity index is 511. The summed E-state index contributed by atoms with van der Waals surface area (Å²) in [6.45, 7) is 6.26. The molecule has 0 amide bonds. The van der Waals surface area contributed by atoms with Crippen LogP contribution in [0.1, 0.15) is 31.7 Å². The monoisotopic (exact) mass is 269 g/mol. The average Bonchev–Trinajstić information content (AvgIpc) is 2.52. The largest absolute Gasteiger partial charge is 0.384 e. The highest BCUT2D eigenvalue weighted by Gasteiger charge is 2.04. The van der Waals surface area contributed by atoms with E-state index in [-0.39, 0.29) is 0 Å². The van der Waals surface area contributed by atoms with Crippen LogP contribution in [0.2, 0.25) is 0 Å². The lowest BCUT2D eigenvalue weighted by atomic mass is 10.0. The molecule has 20 heavy (non-hydrogen) atoms. The smallest absolute Gasteiger partial charge is 0.127 e. The van der Waals surface area contributed by atoms with Gasteiger partial charge in [0.2, 0.25) is 0 Å². The minimum atomic E-state index is 0.483. The predicted octanol–water partition coefficient (Wildman–Crippen LogP) is 4.12. The van der Waals surface area contributed by atoms with Gasteiger partial charge in [0, 0.05) is 31.0 Å². The van der Waals surface area contributed by atoms with Gasteiger partial charge in [0.1, 0.15) is 5.82 Å². The predicted molar refractivity (Wildman–Crippen MR) is 86.4 cm³/mol. The molecule has 0 saturated heterocycles. The van der Waals surface area contributed by atoms with Gasteiger partial charge in [-0.1, -0.05) is 44.2 Å². The maximum Gasteiger partial charge on any atom is 0.127 e. The standard InChI is InChI=1S/C17H23N3/c1-3-10-18-17-12-16(9-11-19-17)20-13-14(2)15-7-5-4-6-8-15/h4-9,11-12,14H,3,10,13H2,1-2H3,(H2,18,19,20). The summed E-state index contributed by atoms with van der Waals surface area (Å²) in [5.74, 6) is 1.42. The Morgan fingerprint density at radius 3 is 2.65 bits per heavy atom. The molecule has 3 heteroatoms. The molecule has 1 heterocycles. The van der Waals surface area contributed by atoms with E-state index < -0.39 is 0 Å². The molecule has 0 aliphatic rings. The molecule has 2 N–H and O–H groups in total. The molecule has 2 aromatic rings. The number of hydrogen-bond acceptors (Lipinski definition) is 3. The minimum absolute atomic E-state index is 0.483. The zero-order valence-electron chi connectivity index (χ0n) is 12.3. The number of benzene rings is 1. The Hall–Kier alpha value is -2.03. The van der Waals surface area contributed by atoms with Crippen LogP contribution in [0, 0.1) is 0 Å². The second-order valence-corrected chi connectivity index (χ2v) is 5.05. The summed E-state index contributed by atoms with van der Waals surface area (Å²) >= 11 is 0. The van der Waals surface area contributed by atoms with E-state index >= 15 is 0 Å². The van der Waals surface area contributed by atoms with Gasteiger partial charge in [-0.3, -0.25) is 0 Å². The molecule has 0 fully saturated rings. The van der Waals surface area contributed by atoms with Gasteiger partial charge >= 0.3 is 0 Å². The van der Waals surface area contributed by atoms with Crippen LogP contribution in [0.3, 0.4) is 0 Å². The summed E-state index contributed by atoms with van der Waals surface area (Å²) in [4.78, 5) is 4.31. The van der Waals surface area contributed by atoms with Gasteiger partial charge in [-0.15, -0.1) is 0 Å². The van der Waals surface area contributed by atoms with Crippen molar-refractivity contribution in [2.75, 3.05) is 23.7 Å². The van der Waals surface area contributed by atoms with Crippen LogP contribution in [0.25, 0.3) is 0 Å². The molecule has 0 spiro atoms. The molecular formula is C17H23N3. The Balaban J connectivity index is 1.90. The molecule has 0 saturated carbocycles. The second-order valence-electron chi connectivity index (χ2n) is 5.05. The number of rotatable bonds is 7. The lowest BCUT2D eigenvalue weighted by molar-refractivity contribution is 0.805. The first-order valence-electron chi connectivity index (χ1n) is 7.28. The third-order valence-corrected chi connectivity index (χ3v) is 3.30. The highest BCUT2D eigenvalue weighted by atomic mass is 15.0. The van der Waals surface area contributed by atoms with E-state index in [2.05, 4.69) is 65.9 Å². The highest BCUT2D eigenvalue weighted by Crippen LogP contribution is 2.17. The number of aromatic nitrogens is 1. The van der Waals surface area contributed by atoms with Gasteiger partial charge in [0.25, 0.3) is 0 Å². The van der Waals surface area contributed by atoms with Gasteiger partial charge in [-0.05, 0) is 24.0 Å². The zero-order valence-corrected chi connectivity index (χ0v) is 12.3. The van der Waals surface area contributed by atoms with E-state index in [1.54, 1.807) is 0 Å². The maximum absolute atomic E-state index is 4.31. The van der Waals surface area contributed by atoms with Crippen molar-refractivity contribution in [2.24, 2.45) is 0 Å². The fourth-order valence-corrected chi connectivity index (χ4v) is 2.06. The molecule has 106 valence electrons. The second kappa shape index (κ2) is 7.53. The lowest BCUT2D eigenvalue weighted by Gasteiger charge is -2.14. The van der Waals surface area contributed by atoms with Crippen molar-refractivity contribution in [3.05, 3.63) is 54.2 Å². The van der Waals surface area contributed by atoms with Crippen molar-refractivity contribution in [2.45, 2.75) is 26.2 Å². The SMILES string of the molecule is CCCNc1cc(NCC(C)c2ccccc2)ccn1. The van der Waals surface area contributed by atoms with Crippen LogP contribution in [-0.4, -0.2) is 18.1 Å². The van der Waals surface area contributed by atoms with Crippen LogP contribution < -0.4 is 10.6 Å². The van der Waals surface area contributed by atoms with Crippen molar-refractivity contribution < 1.29 is 0 Å². The number of pyridine rings is 1. The Kier molecular flexibility index (Phi) is 5.42. The van der Waals surface area contributed by atoms with Crippen LogP contribution >= 0.6 is 0 Å². The van der Waals surface area contributed by atoms with E-state index in [0.717, 1.165) is 31.0 Å². The van der Waals surface area contributed by atoms with Crippen LogP contribution in [0.5, 0.6) is 0 Å². The highest BCUT2D eigenvalue weighted by molar-refractivity contribution is 5.52. The summed E-state index contributed by atoms with van der Waals surface area (Å²) in [6, 6.07) is 14.6. The Labute approximate surface area is 121 Å². The van der Waals surface area contributed by atoms with Gasteiger partial charge in [0.15, 0.2) is 0 Å². The van der Waals surface area contributed by atoms with Gasteiger partial charge in [-0.2, -0.15) is 0 Å². The summed E-state index contributed by atoms with van der Waals surface area (Å²) < 4.78 is 0. The molecule has 1 unspecified atom stereocenters. The lowest BCUT2D eigenvalue weighted by Crippen LogP contribution is -2.10. The van der Waals surface area contributed by atoms with E-state index in [0.29, 0.717) is 5.92 Å². The molecule has 0 aliphatic carbocycles. The van der Waals surface area contributed by atoms with Crippen molar-refractivity contribution >= 4 is 11.5 Å². The van der Waals surface area contributed by atoms with Crippen molar-refractivity contribution in [3.63, 3.8) is 0 Å². The van der Waals surface area contributed by atoms with Crippen LogP contribution in [-0.2, 0) is 0 Å². The normalized spacial score (nSPS) is 11.9. The van der Waals surface area contributed by atoms with E-state index in [9.17, 15) is 0 Å². The number of hydrogen-bond donors (Lipinski definition) is 2. The third kappa shape index (κ3) is 4.26. The molecular weight excluding hydrogens is 246 g/mol. The molecule has 3 nitrogen and oxygen atoms in total. The fraction of sp³-hybridized carbons (Fsp3) is 0.353. The summed E-state index contributed by atoms with van der Waals surface area (Å²) in [5.41, 5.74) is 2.47. The number of anilines is 2. The molecule has 2 rings (SSSR count). The summed E-state index contributed by atoms with van der Waals surface area (Å²) in [7, 11) is 0. The molecule has 0 bridgehead atoms. The Morgan fingerprint density at radius 1 is 1.10 bits per heavy atom. The van der Waals surface area contributed by atoms with Crippen molar-refractivity contribution in [1.29, 1.82) is 0 Å².